The Hall–Kier alpha value is -3.19. The molecule has 4 aromatic rings. The van der Waals surface area contributed by atoms with Gasteiger partial charge in [-0.05, 0) is 43.5 Å². The van der Waals surface area contributed by atoms with Gasteiger partial charge in [0.2, 0.25) is 0 Å². The molecule has 2 aromatic carbocycles. The molecule has 2 aromatic heterocycles. The van der Waals surface area contributed by atoms with Crippen molar-refractivity contribution in [2.75, 3.05) is 10.6 Å². The van der Waals surface area contributed by atoms with E-state index in [0.29, 0.717) is 11.3 Å². The van der Waals surface area contributed by atoms with E-state index >= 15 is 0 Å². The van der Waals surface area contributed by atoms with Crippen LogP contribution >= 0.6 is 11.3 Å². The summed E-state index contributed by atoms with van der Waals surface area (Å²) >= 11 is 1.48. The second-order valence-electron chi connectivity index (χ2n) is 6.41. The van der Waals surface area contributed by atoms with Crippen LogP contribution in [0.15, 0.2) is 42.7 Å². The average molecular weight is 377 g/mol. The van der Waals surface area contributed by atoms with Gasteiger partial charge in [-0.15, -0.1) is 0 Å². The van der Waals surface area contributed by atoms with E-state index in [1.54, 1.807) is 6.07 Å². The minimum absolute atomic E-state index is 0.237. The van der Waals surface area contributed by atoms with Crippen molar-refractivity contribution in [2.24, 2.45) is 0 Å². The van der Waals surface area contributed by atoms with Gasteiger partial charge in [-0.3, -0.25) is 0 Å². The van der Waals surface area contributed by atoms with Crippen LogP contribution in [0.3, 0.4) is 0 Å². The highest BCUT2D eigenvalue weighted by molar-refractivity contribution is 7.21. The molecule has 2 heterocycles. The van der Waals surface area contributed by atoms with Crippen LogP contribution in [0.1, 0.15) is 16.7 Å². The number of aryl methyl sites for hydroxylation is 3. The number of para-hydroxylation sites is 1. The maximum absolute atomic E-state index is 9.92. The first kappa shape index (κ1) is 17.2. The van der Waals surface area contributed by atoms with Crippen LogP contribution in [0, 0.1) is 20.8 Å². The number of rotatable bonds is 4. The van der Waals surface area contributed by atoms with Gasteiger partial charge in [0.25, 0.3) is 0 Å². The number of phenols is 1. The maximum atomic E-state index is 9.92. The zero-order chi connectivity index (χ0) is 19.0. The number of anilines is 4. The van der Waals surface area contributed by atoms with E-state index in [1.165, 1.54) is 17.7 Å². The van der Waals surface area contributed by atoms with Gasteiger partial charge in [0.05, 0.1) is 0 Å². The van der Waals surface area contributed by atoms with Gasteiger partial charge in [0.1, 0.15) is 17.6 Å². The minimum Gasteiger partial charge on any atom is -0.508 e. The third-order valence-corrected chi connectivity index (χ3v) is 5.26. The van der Waals surface area contributed by atoms with Crippen LogP contribution in [-0.4, -0.2) is 20.1 Å². The fourth-order valence-corrected chi connectivity index (χ4v) is 3.65. The number of fused-ring (bicyclic) bond motifs is 1. The SMILES string of the molecule is Cc1ccc(Nc2ncnc3sc(Nc4c(C)cccc4C)nc23)cc1O. The summed E-state index contributed by atoms with van der Waals surface area (Å²) in [4.78, 5) is 14.1. The first-order valence-electron chi connectivity index (χ1n) is 8.52. The molecule has 0 atom stereocenters. The largest absolute Gasteiger partial charge is 0.508 e. The molecule has 0 fully saturated rings. The van der Waals surface area contributed by atoms with E-state index in [-0.39, 0.29) is 5.75 Å². The summed E-state index contributed by atoms with van der Waals surface area (Å²) in [5, 5.41) is 17.3. The van der Waals surface area contributed by atoms with Gasteiger partial charge >= 0.3 is 0 Å². The van der Waals surface area contributed by atoms with Crippen molar-refractivity contribution in [3.63, 3.8) is 0 Å². The topological polar surface area (TPSA) is 83.0 Å². The zero-order valence-corrected chi connectivity index (χ0v) is 16.1. The molecule has 3 N–H and O–H groups in total. The van der Waals surface area contributed by atoms with E-state index in [1.807, 2.05) is 25.1 Å². The Kier molecular flexibility index (Phi) is 4.37. The van der Waals surface area contributed by atoms with Crippen molar-refractivity contribution in [3.8, 4) is 5.75 Å². The highest BCUT2D eigenvalue weighted by Gasteiger charge is 2.13. The highest BCUT2D eigenvalue weighted by atomic mass is 32.1. The third kappa shape index (κ3) is 3.41. The van der Waals surface area contributed by atoms with Gasteiger partial charge in [0, 0.05) is 17.4 Å². The lowest BCUT2D eigenvalue weighted by Crippen LogP contribution is -1.97. The Morgan fingerprint density at radius 1 is 0.926 bits per heavy atom. The summed E-state index contributed by atoms with van der Waals surface area (Å²) in [6, 6.07) is 11.6. The molecular weight excluding hydrogens is 358 g/mol. The Morgan fingerprint density at radius 3 is 2.44 bits per heavy atom. The molecule has 0 saturated heterocycles. The van der Waals surface area contributed by atoms with Gasteiger partial charge in [-0.2, -0.15) is 0 Å². The summed E-state index contributed by atoms with van der Waals surface area (Å²) in [7, 11) is 0. The predicted molar refractivity (Wildman–Crippen MR) is 111 cm³/mol. The molecule has 6 nitrogen and oxygen atoms in total. The smallest absolute Gasteiger partial charge is 0.189 e. The first-order chi connectivity index (χ1) is 13.0. The molecule has 0 saturated carbocycles. The van der Waals surface area contributed by atoms with Crippen LogP contribution in [0.4, 0.5) is 22.3 Å². The van der Waals surface area contributed by atoms with Gasteiger partial charge in [-0.1, -0.05) is 35.6 Å². The summed E-state index contributed by atoms with van der Waals surface area (Å²) < 4.78 is 0. The van der Waals surface area contributed by atoms with Crippen LogP contribution < -0.4 is 10.6 Å². The lowest BCUT2D eigenvalue weighted by atomic mass is 10.1. The summed E-state index contributed by atoms with van der Waals surface area (Å²) in [6.07, 6.45) is 1.51. The van der Waals surface area contributed by atoms with Crippen molar-refractivity contribution in [2.45, 2.75) is 20.8 Å². The Bertz CT molecular complexity index is 1120. The number of aromatic nitrogens is 3. The van der Waals surface area contributed by atoms with Crippen molar-refractivity contribution in [1.29, 1.82) is 0 Å². The number of phenolic OH excluding ortho intramolecular Hbond substituents is 1. The average Bonchev–Trinajstić information content (AvgIpc) is 3.05. The van der Waals surface area contributed by atoms with Crippen molar-refractivity contribution in [3.05, 3.63) is 59.4 Å². The predicted octanol–water partition coefficient (Wildman–Crippen LogP) is 5.20. The second-order valence-corrected chi connectivity index (χ2v) is 7.39. The van der Waals surface area contributed by atoms with E-state index in [2.05, 4.69) is 51.6 Å². The second kappa shape index (κ2) is 6.85. The van der Waals surface area contributed by atoms with Crippen LogP contribution in [0.25, 0.3) is 10.3 Å². The lowest BCUT2D eigenvalue weighted by Gasteiger charge is -2.09. The fraction of sp³-hybridized carbons (Fsp3) is 0.150. The standard InChI is InChI=1S/C20H19N5OS/c1-11-7-8-14(9-15(11)26)23-18-17-19(22-10-21-18)27-20(25-17)24-16-12(2)5-4-6-13(16)3/h4-10,26H,1-3H3,(H,24,25)(H,21,22,23). The molecular formula is C20H19N5OS. The number of nitrogens with zero attached hydrogens (tertiary/aromatic N) is 3. The molecule has 7 heteroatoms. The molecule has 0 amide bonds. The molecule has 0 aliphatic rings. The number of hydrogen-bond acceptors (Lipinski definition) is 7. The lowest BCUT2D eigenvalue weighted by molar-refractivity contribution is 0.471. The van der Waals surface area contributed by atoms with Gasteiger partial charge in [-0.25, -0.2) is 15.0 Å². The minimum atomic E-state index is 0.237. The normalized spacial score (nSPS) is 10.9. The number of benzene rings is 2. The maximum Gasteiger partial charge on any atom is 0.189 e. The van der Waals surface area contributed by atoms with Crippen molar-refractivity contribution < 1.29 is 5.11 Å². The molecule has 0 aliphatic carbocycles. The summed E-state index contributed by atoms with van der Waals surface area (Å²) in [5.74, 6) is 0.843. The van der Waals surface area contributed by atoms with Crippen LogP contribution in [-0.2, 0) is 0 Å². The number of hydrogen-bond donors (Lipinski definition) is 3. The first-order valence-corrected chi connectivity index (χ1v) is 9.34. The van der Waals surface area contributed by atoms with Crippen LogP contribution in [0.5, 0.6) is 5.75 Å². The van der Waals surface area contributed by atoms with Crippen molar-refractivity contribution >= 4 is 44.0 Å². The monoisotopic (exact) mass is 377 g/mol. The van der Waals surface area contributed by atoms with E-state index in [4.69, 9.17) is 0 Å². The third-order valence-electron chi connectivity index (χ3n) is 4.38. The van der Waals surface area contributed by atoms with Gasteiger partial charge < -0.3 is 15.7 Å². The molecule has 4 rings (SSSR count). The molecule has 0 bridgehead atoms. The fourth-order valence-electron chi connectivity index (χ4n) is 2.84. The van der Waals surface area contributed by atoms with E-state index < -0.39 is 0 Å². The summed E-state index contributed by atoms with van der Waals surface area (Å²) in [6.45, 7) is 5.99. The van der Waals surface area contributed by atoms with E-state index in [0.717, 1.165) is 38.0 Å². The highest BCUT2D eigenvalue weighted by Crippen LogP contribution is 2.33. The van der Waals surface area contributed by atoms with Crippen molar-refractivity contribution in [1.82, 2.24) is 15.0 Å². The number of thiazole rings is 1. The van der Waals surface area contributed by atoms with E-state index in [9.17, 15) is 5.11 Å². The summed E-state index contributed by atoms with van der Waals surface area (Å²) in [5.41, 5.74) is 5.64. The Labute approximate surface area is 161 Å². The number of aromatic hydroxyl groups is 1. The van der Waals surface area contributed by atoms with Gasteiger partial charge in [0.15, 0.2) is 15.8 Å². The van der Waals surface area contributed by atoms with Crippen LogP contribution in [0.2, 0.25) is 0 Å². The zero-order valence-electron chi connectivity index (χ0n) is 15.2. The molecule has 0 spiro atoms. The molecule has 27 heavy (non-hydrogen) atoms. The molecule has 0 radical (unpaired) electrons. The number of nitrogens with one attached hydrogen (secondary N) is 2. The Balaban J connectivity index is 1.68. The molecule has 0 aliphatic heterocycles. The quantitative estimate of drug-likeness (QED) is 0.453. The Morgan fingerprint density at radius 2 is 1.70 bits per heavy atom. The molecule has 0 unspecified atom stereocenters. The molecule has 136 valence electrons.